The Kier molecular flexibility index (Phi) is 5.79. The Hall–Kier alpha value is -2.52. The average molecular weight is 390 g/mol. The van der Waals surface area contributed by atoms with Crippen LogP contribution >= 0.6 is 23.1 Å². The van der Waals surface area contributed by atoms with Crippen molar-refractivity contribution in [1.29, 1.82) is 0 Å². The maximum absolute atomic E-state index is 12.3. The van der Waals surface area contributed by atoms with Crippen LogP contribution in [-0.4, -0.2) is 45.6 Å². The maximum Gasteiger partial charge on any atom is 0.233 e. The number of rotatable bonds is 7. The molecule has 0 aliphatic heterocycles. The van der Waals surface area contributed by atoms with Gasteiger partial charge in [0.1, 0.15) is 5.75 Å². The van der Waals surface area contributed by atoms with Gasteiger partial charge in [0, 0.05) is 17.5 Å². The molecule has 136 valence electrons. The van der Waals surface area contributed by atoms with Crippen LogP contribution in [0.5, 0.6) is 5.75 Å². The van der Waals surface area contributed by atoms with Crippen LogP contribution in [0.1, 0.15) is 4.88 Å². The van der Waals surface area contributed by atoms with Crippen LogP contribution < -0.4 is 10.6 Å². The summed E-state index contributed by atoms with van der Waals surface area (Å²) >= 11 is 2.90. The molecule has 0 unspecified atom stereocenters. The minimum absolute atomic E-state index is 0.0115. The Morgan fingerprint density at radius 3 is 2.73 bits per heavy atom. The van der Waals surface area contributed by atoms with E-state index in [0.29, 0.717) is 17.5 Å². The molecule has 3 rings (SSSR count). The fourth-order valence-corrected chi connectivity index (χ4v) is 3.83. The lowest BCUT2D eigenvalue weighted by Gasteiger charge is -2.15. The van der Waals surface area contributed by atoms with Gasteiger partial charge < -0.3 is 15.5 Å². The Morgan fingerprint density at radius 2 is 2.08 bits per heavy atom. The quantitative estimate of drug-likeness (QED) is 0.493. The van der Waals surface area contributed by atoms with Crippen molar-refractivity contribution in [2.45, 2.75) is 11.7 Å². The van der Waals surface area contributed by atoms with E-state index in [4.69, 9.17) is 10.6 Å². The molecular formula is C17H19N5O2S2. The zero-order valence-corrected chi connectivity index (χ0v) is 16.1. The SMILES string of the molecule is COc1ccc(-c2nnc(SCC(=O)N(C)Cc3cccs3)n2N)cc1. The molecule has 0 spiro atoms. The van der Waals surface area contributed by atoms with Crippen molar-refractivity contribution in [2.75, 3.05) is 25.8 Å². The second-order valence-electron chi connectivity index (χ2n) is 5.52. The van der Waals surface area contributed by atoms with Crippen molar-refractivity contribution >= 4 is 29.0 Å². The van der Waals surface area contributed by atoms with Gasteiger partial charge in [0.05, 0.1) is 19.4 Å². The zero-order chi connectivity index (χ0) is 18.5. The van der Waals surface area contributed by atoms with Crippen LogP contribution in [0.3, 0.4) is 0 Å². The molecule has 2 aromatic heterocycles. The predicted octanol–water partition coefficient (Wildman–Crippen LogP) is 2.48. The standard InChI is InChI=1S/C17H19N5O2S2/c1-21(10-14-4-3-9-25-14)15(23)11-26-17-20-19-16(22(17)18)12-5-7-13(24-2)8-6-12/h3-9H,10-11,18H2,1-2H3. The van der Waals surface area contributed by atoms with Gasteiger partial charge in [-0.2, -0.15) is 0 Å². The summed E-state index contributed by atoms with van der Waals surface area (Å²) in [5, 5.41) is 10.7. The van der Waals surface area contributed by atoms with Crippen molar-refractivity contribution in [3.05, 3.63) is 46.7 Å². The largest absolute Gasteiger partial charge is 0.497 e. The molecule has 3 aromatic rings. The van der Waals surface area contributed by atoms with Gasteiger partial charge in [-0.25, -0.2) is 4.68 Å². The van der Waals surface area contributed by atoms with E-state index in [0.717, 1.165) is 16.2 Å². The first kappa shape index (κ1) is 18.3. The van der Waals surface area contributed by atoms with E-state index >= 15 is 0 Å². The molecule has 0 fully saturated rings. The smallest absolute Gasteiger partial charge is 0.233 e. The van der Waals surface area contributed by atoms with Crippen molar-refractivity contribution < 1.29 is 9.53 Å². The van der Waals surface area contributed by atoms with Crippen LogP contribution in [0.15, 0.2) is 46.9 Å². The van der Waals surface area contributed by atoms with Crippen LogP contribution in [0.25, 0.3) is 11.4 Å². The van der Waals surface area contributed by atoms with Gasteiger partial charge in [-0.1, -0.05) is 17.8 Å². The van der Waals surface area contributed by atoms with Crippen LogP contribution in [0, 0.1) is 0 Å². The molecule has 0 aliphatic rings. The van der Waals surface area contributed by atoms with Gasteiger partial charge in [0.25, 0.3) is 0 Å². The van der Waals surface area contributed by atoms with Gasteiger partial charge in [-0.05, 0) is 35.7 Å². The predicted molar refractivity (Wildman–Crippen MR) is 104 cm³/mol. The first-order valence-electron chi connectivity index (χ1n) is 7.82. The first-order valence-corrected chi connectivity index (χ1v) is 9.69. The van der Waals surface area contributed by atoms with Gasteiger partial charge in [0.15, 0.2) is 5.82 Å². The molecule has 0 saturated heterocycles. The third kappa shape index (κ3) is 4.17. The van der Waals surface area contributed by atoms with Crippen LogP contribution in [-0.2, 0) is 11.3 Å². The third-order valence-corrected chi connectivity index (χ3v) is 5.53. The fraction of sp³-hybridized carbons (Fsp3) is 0.235. The molecular weight excluding hydrogens is 370 g/mol. The van der Waals surface area contributed by atoms with E-state index in [2.05, 4.69) is 10.2 Å². The number of benzene rings is 1. The number of thiophene rings is 1. The number of nitrogens with two attached hydrogens (primary N) is 1. The number of carbonyl (C=O) groups excluding carboxylic acids is 1. The van der Waals surface area contributed by atoms with Crippen molar-refractivity contribution in [3.8, 4) is 17.1 Å². The molecule has 9 heteroatoms. The van der Waals surface area contributed by atoms with Crippen molar-refractivity contribution in [1.82, 2.24) is 19.8 Å². The summed E-state index contributed by atoms with van der Waals surface area (Å²) in [5.74, 6) is 7.65. The van der Waals surface area contributed by atoms with E-state index in [-0.39, 0.29) is 11.7 Å². The summed E-state index contributed by atoms with van der Waals surface area (Å²) in [4.78, 5) is 15.1. The Labute approximate surface area is 159 Å². The van der Waals surface area contributed by atoms with E-state index in [1.807, 2.05) is 41.8 Å². The summed E-state index contributed by atoms with van der Waals surface area (Å²) in [5.41, 5.74) is 0.828. The molecule has 26 heavy (non-hydrogen) atoms. The van der Waals surface area contributed by atoms with E-state index in [1.165, 1.54) is 16.4 Å². The van der Waals surface area contributed by atoms with E-state index in [9.17, 15) is 4.79 Å². The van der Waals surface area contributed by atoms with Gasteiger partial charge >= 0.3 is 0 Å². The lowest BCUT2D eigenvalue weighted by molar-refractivity contribution is -0.127. The highest BCUT2D eigenvalue weighted by Crippen LogP contribution is 2.23. The second kappa shape index (κ2) is 8.24. The number of carbonyl (C=O) groups is 1. The molecule has 0 bridgehead atoms. The Morgan fingerprint density at radius 1 is 1.31 bits per heavy atom. The number of ether oxygens (including phenoxy) is 1. The Balaban J connectivity index is 1.61. The van der Waals surface area contributed by atoms with Crippen LogP contribution in [0.2, 0.25) is 0 Å². The monoisotopic (exact) mass is 389 g/mol. The normalized spacial score (nSPS) is 10.7. The molecule has 1 aromatic carbocycles. The summed E-state index contributed by atoms with van der Waals surface area (Å²) in [6, 6.07) is 11.4. The zero-order valence-electron chi connectivity index (χ0n) is 14.5. The number of nitrogens with zero attached hydrogens (tertiary/aromatic N) is 4. The average Bonchev–Trinajstić information content (AvgIpc) is 3.29. The molecule has 0 atom stereocenters. The molecule has 0 saturated carbocycles. The summed E-state index contributed by atoms with van der Waals surface area (Å²) < 4.78 is 6.55. The Bertz CT molecular complexity index is 862. The minimum Gasteiger partial charge on any atom is -0.497 e. The highest BCUT2D eigenvalue weighted by Gasteiger charge is 2.16. The summed E-state index contributed by atoms with van der Waals surface area (Å²) in [7, 11) is 3.40. The topological polar surface area (TPSA) is 86.3 Å². The fourth-order valence-electron chi connectivity index (χ4n) is 2.27. The first-order chi connectivity index (χ1) is 12.6. The number of amides is 1. The second-order valence-corrected chi connectivity index (χ2v) is 7.50. The molecule has 7 nitrogen and oxygen atoms in total. The number of hydrogen-bond acceptors (Lipinski definition) is 7. The van der Waals surface area contributed by atoms with E-state index in [1.54, 1.807) is 30.4 Å². The van der Waals surface area contributed by atoms with Gasteiger partial charge in [0.2, 0.25) is 11.1 Å². The lowest BCUT2D eigenvalue weighted by Crippen LogP contribution is -2.27. The third-order valence-electron chi connectivity index (χ3n) is 3.74. The van der Waals surface area contributed by atoms with Gasteiger partial charge in [-0.3, -0.25) is 4.79 Å². The highest BCUT2D eigenvalue weighted by atomic mass is 32.2. The molecule has 0 aliphatic carbocycles. The van der Waals surface area contributed by atoms with Crippen molar-refractivity contribution in [2.24, 2.45) is 0 Å². The van der Waals surface area contributed by atoms with Crippen molar-refractivity contribution in [3.63, 3.8) is 0 Å². The van der Waals surface area contributed by atoms with Gasteiger partial charge in [-0.15, -0.1) is 21.5 Å². The number of aromatic nitrogens is 3. The summed E-state index contributed by atoms with van der Waals surface area (Å²) in [6.07, 6.45) is 0. The molecule has 1 amide bonds. The van der Waals surface area contributed by atoms with E-state index < -0.39 is 0 Å². The number of methoxy groups -OCH3 is 1. The molecule has 2 N–H and O–H groups in total. The number of thioether (sulfide) groups is 1. The number of hydrogen-bond donors (Lipinski definition) is 1. The number of nitrogen functional groups attached to an aromatic ring is 1. The maximum atomic E-state index is 12.3. The van der Waals surface area contributed by atoms with Crippen LogP contribution in [0.4, 0.5) is 0 Å². The lowest BCUT2D eigenvalue weighted by atomic mass is 10.2. The molecule has 0 radical (unpaired) electrons. The minimum atomic E-state index is 0.0115. The highest BCUT2D eigenvalue weighted by molar-refractivity contribution is 7.99. The molecule has 2 heterocycles. The summed E-state index contributed by atoms with van der Waals surface area (Å²) in [6.45, 7) is 0.601.